The minimum absolute atomic E-state index is 0.260. The van der Waals surface area contributed by atoms with Crippen LogP contribution in [0.4, 0.5) is 5.69 Å². The number of aldehydes is 1. The number of carbonyl (C=O) groups is 2. The average Bonchev–Trinajstić information content (AvgIpc) is 2.59. The van der Waals surface area contributed by atoms with Gasteiger partial charge in [-0.05, 0) is 36.4 Å². The third-order valence-electron chi connectivity index (χ3n) is 2.98. The number of anilines is 1. The maximum Gasteiger partial charge on any atom is 0.262 e. The van der Waals surface area contributed by atoms with Gasteiger partial charge in [0.1, 0.15) is 11.5 Å². The van der Waals surface area contributed by atoms with Crippen LogP contribution >= 0.6 is 0 Å². The van der Waals surface area contributed by atoms with Crippen molar-refractivity contribution in [1.29, 1.82) is 5.26 Å². The van der Waals surface area contributed by atoms with Crippen LogP contribution < -0.4 is 14.8 Å². The Morgan fingerprint density at radius 3 is 2.83 bits per heavy atom. The smallest absolute Gasteiger partial charge is 0.262 e. The Hall–Kier alpha value is -3.33. The first-order chi connectivity index (χ1) is 11.2. The molecule has 2 aromatic carbocycles. The highest BCUT2D eigenvalue weighted by Gasteiger charge is 2.08. The van der Waals surface area contributed by atoms with Crippen LogP contribution in [0.15, 0.2) is 42.5 Å². The van der Waals surface area contributed by atoms with Crippen molar-refractivity contribution in [3.63, 3.8) is 0 Å². The third kappa shape index (κ3) is 4.32. The van der Waals surface area contributed by atoms with Gasteiger partial charge in [-0.1, -0.05) is 6.07 Å². The number of nitriles is 1. The predicted molar refractivity (Wildman–Crippen MR) is 83.7 cm³/mol. The molecule has 0 aliphatic carbocycles. The second kappa shape index (κ2) is 7.61. The van der Waals surface area contributed by atoms with Crippen LogP contribution in [0.2, 0.25) is 0 Å². The number of methoxy groups -OCH3 is 1. The lowest BCUT2D eigenvalue weighted by molar-refractivity contribution is -0.118. The van der Waals surface area contributed by atoms with Gasteiger partial charge in [-0.25, -0.2) is 0 Å². The molecule has 116 valence electrons. The van der Waals surface area contributed by atoms with Crippen LogP contribution in [-0.2, 0) is 4.79 Å². The van der Waals surface area contributed by atoms with Crippen LogP contribution in [0, 0.1) is 11.3 Å². The quantitative estimate of drug-likeness (QED) is 0.828. The molecule has 2 aromatic rings. The zero-order chi connectivity index (χ0) is 16.7. The van der Waals surface area contributed by atoms with Gasteiger partial charge >= 0.3 is 0 Å². The number of ether oxygens (including phenoxy) is 2. The second-order valence-electron chi connectivity index (χ2n) is 4.55. The number of nitrogens with one attached hydrogen (secondary N) is 1. The molecule has 0 saturated carbocycles. The molecule has 0 aromatic heterocycles. The summed E-state index contributed by atoms with van der Waals surface area (Å²) in [6.07, 6.45) is 0.631. The highest BCUT2D eigenvalue weighted by Crippen LogP contribution is 2.22. The molecule has 1 N–H and O–H groups in total. The van der Waals surface area contributed by atoms with E-state index in [1.807, 2.05) is 6.07 Å². The van der Waals surface area contributed by atoms with Crippen LogP contribution in [0.25, 0.3) is 0 Å². The average molecular weight is 310 g/mol. The monoisotopic (exact) mass is 310 g/mol. The molecule has 0 fully saturated rings. The summed E-state index contributed by atoms with van der Waals surface area (Å²) in [6.45, 7) is -0.260. The largest absolute Gasteiger partial charge is 0.497 e. The zero-order valence-corrected chi connectivity index (χ0v) is 12.4. The molecule has 0 radical (unpaired) electrons. The standard InChI is InChI=1S/C17H14N2O4/c1-22-15-5-6-16(13(8-15)10-20)23-11-17(21)19-14-4-2-3-12(7-14)9-18/h2-8,10H,11H2,1H3,(H,19,21). The van der Waals surface area contributed by atoms with Crippen molar-refractivity contribution in [2.45, 2.75) is 0 Å². The van der Waals surface area contributed by atoms with E-state index in [4.69, 9.17) is 14.7 Å². The first-order valence-electron chi connectivity index (χ1n) is 6.72. The molecule has 6 nitrogen and oxygen atoms in total. The third-order valence-corrected chi connectivity index (χ3v) is 2.98. The molecule has 2 rings (SSSR count). The molecule has 0 aliphatic rings. The lowest BCUT2D eigenvalue weighted by atomic mass is 10.2. The zero-order valence-electron chi connectivity index (χ0n) is 12.4. The molecule has 0 saturated heterocycles. The highest BCUT2D eigenvalue weighted by atomic mass is 16.5. The molecule has 1 amide bonds. The molecule has 23 heavy (non-hydrogen) atoms. The van der Waals surface area contributed by atoms with Crippen LogP contribution in [0.1, 0.15) is 15.9 Å². The van der Waals surface area contributed by atoms with Gasteiger partial charge in [0, 0.05) is 5.69 Å². The van der Waals surface area contributed by atoms with Gasteiger partial charge in [0.25, 0.3) is 5.91 Å². The number of benzene rings is 2. The SMILES string of the molecule is COc1ccc(OCC(=O)Nc2cccc(C#N)c2)c(C=O)c1. The van der Waals surface area contributed by atoms with Gasteiger partial charge in [-0.2, -0.15) is 5.26 Å². The second-order valence-corrected chi connectivity index (χ2v) is 4.55. The molecule has 0 aliphatic heterocycles. The Morgan fingerprint density at radius 1 is 1.30 bits per heavy atom. The number of carbonyl (C=O) groups excluding carboxylic acids is 2. The molecule has 6 heteroatoms. The molecule has 0 heterocycles. The van der Waals surface area contributed by atoms with Gasteiger partial charge in [-0.15, -0.1) is 0 Å². The van der Waals surface area contributed by atoms with Crippen LogP contribution in [0.5, 0.6) is 11.5 Å². The highest BCUT2D eigenvalue weighted by molar-refractivity contribution is 5.92. The van der Waals surface area contributed by atoms with Crippen molar-refractivity contribution < 1.29 is 19.1 Å². The summed E-state index contributed by atoms with van der Waals surface area (Å²) < 4.78 is 10.4. The lowest BCUT2D eigenvalue weighted by Crippen LogP contribution is -2.20. The Labute approximate surface area is 133 Å². The van der Waals surface area contributed by atoms with E-state index in [2.05, 4.69) is 5.32 Å². The summed E-state index contributed by atoms with van der Waals surface area (Å²) in [6, 6.07) is 13.2. The number of hydrogen-bond acceptors (Lipinski definition) is 5. The predicted octanol–water partition coefficient (Wildman–Crippen LogP) is 2.40. The van der Waals surface area contributed by atoms with Crippen molar-refractivity contribution >= 4 is 17.9 Å². The van der Waals surface area contributed by atoms with Gasteiger partial charge in [-0.3, -0.25) is 9.59 Å². The summed E-state index contributed by atoms with van der Waals surface area (Å²) in [5.74, 6) is 0.423. The van der Waals surface area contributed by atoms with Gasteiger partial charge in [0.05, 0.1) is 24.3 Å². The van der Waals surface area contributed by atoms with Gasteiger partial charge < -0.3 is 14.8 Å². The van der Waals surface area contributed by atoms with Crippen molar-refractivity contribution in [3.05, 3.63) is 53.6 Å². The van der Waals surface area contributed by atoms with E-state index in [0.29, 0.717) is 34.6 Å². The van der Waals surface area contributed by atoms with E-state index in [1.165, 1.54) is 13.2 Å². The van der Waals surface area contributed by atoms with E-state index >= 15 is 0 Å². The molecule has 0 bridgehead atoms. The number of hydrogen-bond donors (Lipinski definition) is 1. The Kier molecular flexibility index (Phi) is 5.31. The summed E-state index contributed by atoms with van der Waals surface area (Å²) in [5.41, 5.74) is 1.24. The van der Waals surface area contributed by atoms with E-state index in [9.17, 15) is 9.59 Å². The summed E-state index contributed by atoms with van der Waals surface area (Å²) in [5, 5.41) is 11.4. The maximum absolute atomic E-state index is 11.9. The number of nitrogens with zero attached hydrogens (tertiary/aromatic N) is 1. The number of rotatable bonds is 6. The minimum atomic E-state index is -0.396. The Balaban J connectivity index is 1.99. The van der Waals surface area contributed by atoms with Gasteiger partial charge in [0.15, 0.2) is 12.9 Å². The minimum Gasteiger partial charge on any atom is -0.497 e. The van der Waals surface area contributed by atoms with Crippen molar-refractivity contribution in [2.24, 2.45) is 0 Å². The van der Waals surface area contributed by atoms with Crippen molar-refractivity contribution in [1.82, 2.24) is 0 Å². The molecular weight excluding hydrogens is 296 g/mol. The Morgan fingerprint density at radius 2 is 2.13 bits per heavy atom. The fourth-order valence-corrected chi connectivity index (χ4v) is 1.88. The topological polar surface area (TPSA) is 88.4 Å². The van der Waals surface area contributed by atoms with Crippen molar-refractivity contribution in [3.8, 4) is 17.6 Å². The molecular formula is C17H14N2O4. The summed E-state index contributed by atoms with van der Waals surface area (Å²) in [4.78, 5) is 22.9. The van der Waals surface area contributed by atoms with E-state index in [-0.39, 0.29) is 6.61 Å². The van der Waals surface area contributed by atoms with E-state index in [1.54, 1.807) is 36.4 Å². The molecule has 0 atom stereocenters. The number of amides is 1. The normalized spacial score (nSPS) is 9.57. The Bertz CT molecular complexity index is 765. The maximum atomic E-state index is 11.9. The lowest BCUT2D eigenvalue weighted by Gasteiger charge is -2.10. The molecule has 0 unspecified atom stereocenters. The van der Waals surface area contributed by atoms with Crippen LogP contribution in [0.3, 0.4) is 0 Å². The van der Waals surface area contributed by atoms with Crippen molar-refractivity contribution in [2.75, 3.05) is 19.0 Å². The van der Waals surface area contributed by atoms with Crippen LogP contribution in [-0.4, -0.2) is 25.9 Å². The summed E-state index contributed by atoms with van der Waals surface area (Å²) >= 11 is 0. The first-order valence-corrected chi connectivity index (χ1v) is 6.72. The first kappa shape index (κ1) is 16.0. The van der Waals surface area contributed by atoms with Gasteiger partial charge in [0.2, 0.25) is 0 Å². The van der Waals surface area contributed by atoms with E-state index in [0.717, 1.165) is 0 Å². The summed E-state index contributed by atoms with van der Waals surface area (Å²) in [7, 11) is 1.49. The van der Waals surface area contributed by atoms with E-state index < -0.39 is 5.91 Å². The molecule has 0 spiro atoms. The fourth-order valence-electron chi connectivity index (χ4n) is 1.88. The fraction of sp³-hybridized carbons (Fsp3) is 0.118.